The van der Waals surface area contributed by atoms with Gasteiger partial charge in [0.25, 0.3) is 5.91 Å². The van der Waals surface area contributed by atoms with Crippen LogP contribution in [0.25, 0.3) is 0 Å². The minimum atomic E-state index is -0.303. The van der Waals surface area contributed by atoms with Crippen molar-refractivity contribution in [1.82, 2.24) is 10.3 Å². The van der Waals surface area contributed by atoms with E-state index in [9.17, 15) is 4.79 Å². The molecule has 0 saturated carbocycles. The van der Waals surface area contributed by atoms with Gasteiger partial charge in [-0.1, -0.05) is 0 Å². The largest absolute Gasteiger partial charge is 0.454 e. The van der Waals surface area contributed by atoms with Crippen molar-refractivity contribution < 1.29 is 18.7 Å². The van der Waals surface area contributed by atoms with Crippen LogP contribution in [0.15, 0.2) is 28.9 Å². The highest BCUT2D eigenvalue weighted by molar-refractivity contribution is 6.02. The number of carbonyl (C=O) groups is 1. The molecular formula is C16H17N3O4. The summed E-state index contributed by atoms with van der Waals surface area (Å²) in [6.45, 7) is 2.06. The summed E-state index contributed by atoms with van der Waals surface area (Å²) in [6.07, 6.45) is 3.52. The van der Waals surface area contributed by atoms with Gasteiger partial charge in [-0.05, 0) is 31.5 Å². The average molecular weight is 315 g/mol. The van der Waals surface area contributed by atoms with Gasteiger partial charge in [-0.15, -0.1) is 0 Å². The first kappa shape index (κ1) is 14.1. The summed E-state index contributed by atoms with van der Waals surface area (Å²) in [4.78, 5) is 16.6. The van der Waals surface area contributed by atoms with Crippen molar-refractivity contribution in [3.05, 3.63) is 36.0 Å². The maximum absolute atomic E-state index is 12.3. The van der Waals surface area contributed by atoms with Crippen LogP contribution in [0.4, 0.5) is 5.69 Å². The molecule has 1 fully saturated rings. The van der Waals surface area contributed by atoms with Gasteiger partial charge in [0.15, 0.2) is 23.1 Å². The molecule has 0 spiro atoms. The van der Waals surface area contributed by atoms with Crippen molar-refractivity contribution in [3.8, 4) is 11.5 Å². The fourth-order valence-electron chi connectivity index (χ4n) is 2.81. The number of nitrogens with zero attached hydrogens (tertiary/aromatic N) is 1. The lowest BCUT2D eigenvalue weighted by Gasteiger charge is -2.19. The topological polar surface area (TPSA) is 85.6 Å². The van der Waals surface area contributed by atoms with E-state index in [0.717, 1.165) is 25.9 Å². The van der Waals surface area contributed by atoms with E-state index in [2.05, 4.69) is 15.6 Å². The number of hydrogen-bond donors (Lipinski definition) is 2. The molecule has 3 heterocycles. The predicted octanol–water partition coefficient (Wildman–Crippen LogP) is 2.12. The first-order valence-electron chi connectivity index (χ1n) is 7.67. The Morgan fingerprint density at radius 2 is 2.22 bits per heavy atom. The van der Waals surface area contributed by atoms with Crippen LogP contribution in [0.5, 0.6) is 11.5 Å². The zero-order valence-electron chi connectivity index (χ0n) is 12.5. The summed E-state index contributed by atoms with van der Waals surface area (Å²) in [7, 11) is 0. The second kappa shape index (κ2) is 5.92. The van der Waals surface area contributed by atoms with Crippen molar-refractivity contribution in [2.45, 2.75) is 18.8 Å². The fraction of sp³-hybridized carbons (Fsp3) is 0.375. The van der Waals surface area contributed by atoms with Crippen molar-refractivity contribution in [3.63, 3.8) is 0 Å². The highest BCUT2D eigenvalue weighted by atomic mass is 16.7. The van der Waals surface area contributed by atoms with Crippen LogP contribution in [0.1, 0.15) is 35.1 Å². The van der Waals surface area contributed by atoms with Crippen LogP contribution < -0.4 is 20.1 Å². The van der Waals surface area contributed by atoms with Gasteiger partial charge in [-0.3, -0.25) is 4.79 Å². The second-order valence-corrected chi connectivity index (χ2v) is 5.64. The summed E-state index contributed by atoms with van der Waals surface area (Å²) < 4.78 is 16.0. The number of fused-ring (bicyclic) bond motifs is 1. The Morgan fingerprint density at radius 1 is 1.30 bits per heavy atom. The van der Waals surface area contributed by atoms with Crippen molar-refractivity contribution in [2.24, 2.45) is 0 Å². The molecule has 1 atom stereocenters. The molecule has 1 aromatic carbocycles. The first-order valence-corrected chi connectivity index (χ1v) is 7.67. The molecule has 7 heteroatoms. The normalized spacial score (nSPS) is 19.6. The Hall–Kier alpha value is -2.54. The van der Waals surface area contributed by atoms with Gasteiger partial charge in [0, 0.05) is 24.2 Å². The number of benzene rings is 1. The number of amides is 1. The summed E-state index contributed by atoms with van der Waals surface area (Å²) in [5, 5.41) is 6.10. The van der Waals surface area contributed by atoms with Crippen LogP contribution in [0, 0.1) is 0 Å². The Balaban J connectivity index is 1.45. The zero-order valence-corrected chi connectivity index (χ0v) is 12.5. The Labute approximate surface area is 133 Å². The fourth-order valence-corrected chi connectivity index (χ4v) is 2.81. The minimum Gasteiger partial charge on any atom is -0.454 e. The van der Waals surface area contributed by atoms with E-state index in [1.807, 2.05) is 0 Å². The van der Waals surface area contributed by atoms with Gasteiger partial charge in [0.1, 0.15) is 6.26 Å². The molecule has 4 rings (SSSR count). The summed E-state index contributed by atoms with van der Waals surface area (Å²) in [5.41, 5.74) is 0.909. The maximum Gasteiger partial charge on any atom is 0.277 e. The average Bonchev–Trinajstić information content (AvgIpc) is 3.24. The number of rotatable bonds is 3. The maximum atomic E-state index is 12.3. The van der Waals surface area contributed by atoms with Crippen molar-refractivity contribution >= 4 is 11.6 Å². The summed E-state index contributed by atoms with van der Waals surface area (Å²) >= 11 is 0. The molecule has 7 nitrogen and oxygen atoms in total. The Kier molecular flexibility index (Phi) is 3.63. The molecule has 0 radical (unpaired) electrons. The number of nitrogens with one attached hydrogen (secondary N) is 2. The SMILES string of the molecule is O=C(Nc1ccc2c(c1)OCO2)c1coc(C2CCCNC2)n1. The van der Waals surface area contributed by atoms with Gasteiger partial charge in [-0.25, -0.2) is 4.98 Å². The molecule has 1 aromatic heterocycles. The van der Waals surface area contributed by atoms with Crippen LogP contribution in [0.3, 0.4) is 0 Å². The number of hydrogen-bond acceptors (Lipinski definition) is 6. The number of ether oxygens (including phenoxy) is 2. The monoisotopic (exact) mass is 315 g/mol. The van der Waals surface area contributed by atoms with Gasteiger partial charge >= 0.3 is 0 Å². The first-order chi connectivity index (χ1) is 11.3. The molecule has 2 aromatic rings. The molecule has 23 heavy (non-hydrogen) atoms. The molecular weight excluding hydrogens is 298 g/mol. The Morgan fingerprint density at radius 3 is 3.09 bits per heavy atom. The molecule has 0 aliphatic carbocycles. The third kappa shape index (κ3) is 2.87. The van der Waals surface area contributed by atoms with E-state index in [1.165, 1.54) is 6.26 Å². The van der Waals surface area contributed by atoms with Gasteiger partial charge in [0.05, 0.1) is 0 Å². The predicted molar refractivity (Wildman–Crippen MR) is 81.9 cm³/mol. The molecule has 2 aliphatic rings. The molecule has 1 unspecified atom stereocenters. The number of carbonyl (C=O) groups excluding carboxylic acids is 1. The second-order valence-electron chi connectivity index (χ2n) is 5.64. The zero-order chi connectivity index (χ0) is 15.6. The molecule has 0 bridgehead atoms. The summed E-state index contributed by atoms with van der Waals surface area (Å²) in [6, 6.07) is 5.25. The number of anilines is 1. The van der Waals surface area contributed by atoms with E-state index in [4.69, 9.17) is 13.9 Å². The van der Waals surface area contributed by atoms with Gasteiger partial charge in [0.2, 0.25) is 6.79 Å². The Bertz CT molecular complexity index is 722. The lowest BCUT2D eigenvalue weighted by molar-refractivity contribution is 0.102. The van der Waals surface area contributed by atoms with Gasteiger partial charge in [-0.2, -0.15) is 0 Å². The van der Waals surface area contributed by atoms with Crippen molar-refractivity contribution in [2.75, 3.05) is 25.2 Å². The summed E-state index contributed by atoms with van der Waals surface area (Å²) in [5.74, 6) is 1.85. The molecule has 120 valence electrons. The standard InChI is InChI=1S/C16H17N3O4/c20-15(18-11-3-4-13-14(6-11)23-9-22-13)12-8-21-16(19-12)10-2-1-5-17-7-10/h3-4,6,8,10,17H,1-2,5,7,9H2,(H,18,20). The van der Waals surface area contributed by atoms with Crippen molar-refractivity contribution in [1.29, 1.82) is 0 Å². The van der Waals surface area contributed by atoms with E-state index < -0.39 is 0 Å². The molecule has 1 amide bonds. The number of oxazole rings is 1. The van der Waals surface area contributed by atoms with E-state index in [1.54, 1.807) is 18.2 Å². The van der Waals surface area contributed by atoms with Crippen LogP contribution in [-0.2, 0) is 0 Å². The highest BCUT2D eigenvalue weighted by Gasteiger charge is 2.22. The van der Waals surface area contributed by atoms with E-state index >= 15 is 0 Å². The quantitative estimate of drug-likeness (QED) is 0.902. The lowest BCUT2D eigenvalue weighted by Crippen LogP contribution is -2.28. The van der Waals surface area contributed by atoms with Gasteiger partial charge < -0.3 is 24.5 Å². The third-order valence-corrected chi connectivity index (χ3v) is 4.03. The highest BCUT2D eigenvalue weighted by Crippen LogP contribution is 2.34. The lowest BCUT2D eigenvalue weighted by atomic mass is 10.00. The van der Waals surface area contributed by atoms with E-state index in [0.29, 0.717) is 23.1 Å². The molecule has 1 saturated heterocycles. The van der Waals surface area contributed by atoms with Crippen LogP contribution in [-0.4, -0.2) is 30.8 Å². The van der Waals surface area contributed by atoms with Crippen LogP contribution in [0.2, 0.25) is 0 Å². The molecule has 2 N–H and O–H groups in total. The molecule has 2 aliphatic heterocycles. The number of piperidine rings is 1. The third-order valence-electron chi connectivity index (χ3n) is 4.03. The minimum absolute atomic E-state index is 0.203. The smallest absolute Gasteiger partial charge is 0.277 e. The van der Waals surface area contributed by atoms with E-state index in [-0.39, 0.29) is 24.3 Å². The van der Waals surface area contributed by atoms with Crippen LogP contribution >= 0.6 is 0 Å². The number of aromatic nitrogens is 1.